The molecule has 80 valence electrons. The summed E-state index contributed by atoms with van der Waals surface area (Å²) in [7, 11) is 0. The van der Waals surface area contributed by atoms with E-state index in [9.17, 15) is 0 Å². The molecule has 0 radical (unpaired) electrons. The summed E-state index contributed by atoms with van der Waals surface area (Å²) in [5.41, 5.74) is 1.97. The van der Waals surface area contributed by atoms with Crippen LogP contribution in [0.3, 0.4) is 0 Å². The summed E-state index contributed by atoms with van der Waals surface area (Å²) >= 11 is 0. The van der Waals surface area contributed by atoms with Crippen LogP contribution in [0, 0.1) is 11.3 Å². The second-order valence-corrected chi connectivity index (χ2v) is 5.37. The molecule has 1 aromatic rings. The minimum absolute atomic E-state index is 0.513. The van der Waals surface area contributed by atoms with Gasteiger partial charge in [0.05, 0.1) is 12.7 Å². The van der Waals surface area contributed by atoms with Gasteiger partial charge in [0.15, 0.2) is 0 Å². The maximum Gasteiger partial charge on any atom is 0.0682 e. The zero-order chi connectivity index (χ0) is 10.3. The Kier molecular flexibility index (Phi) is 2.10. The Hall–Kier alpha value is -0.820. The molecule has 1 aliphatic heterocycles. The molecule has 3 rings (SSSR count). The fourth-order valence-electron chi connectivity index (χ4n) is 3.18. The molecule has 1 saturated heterocycles. The monoisotopic (exact) mass is 202 g/mol. The lowest BCUT2D eigenvalue weighted by molar-refractivity contribution is -0.173. The van der Waals surface area contributed by atoms with Gasteiger partial charge in [-0.15, -0.1) is 0 Å². The lowest BCUT2D eigenvalue weighted by Gasteiger charge is -2.44. The van der Waals surface area contributed by atoms with Crippen LogP contribution in [0.25, 0.3) is 0 Å². The first-order valence-electron chi connectivity index (χ1n) is 5.93. The topological polar surface area (TPSA) is 9.23 Å². The SMILES string of the molecule is CC12CCC(Cc3ccccc3)C1OC2. The quantitative estimate of drug-likeness (QED) is 0.716. The first-order valence-corrected chi connectivity index (χ1v) is 5.93. The molecule has 2 fully saturated rings. The Balaban J connectivity index is 1.70. The lowest BCUT2D eigenvalue weighted by Crippen LogP contribution is -2.48. The summed E-state index contributed by atoms with van der Waals surface area (Å²) < 4.78 is 5.74. The highest BCUT2D eigenvalue weighted by atomic mass is 16.5. The van der Waals surface area contributed by atoms with Gasteiger partial charge in [0, 0.05) is 5.41 Å². The second-order valence-electron chi connectivity index (χ2n) is 5.37. The van der Waals surface area contributed by atoms with Gasteiger partial charge in [0.1, 0.15) is 0 Å². The molecule has 3 unspecified atom stereocenters. The summed E-state index contributed by atoms with van der Waals surface area (Å²) in [4.78, 5) is 0. The van der Waals surface area contributed by atoms with Crippen molar-refractivity contribution in [3.05, 3.63) is 35.9 Å². The molecule has 2 aliphatic rings. The number of hydrogen-bond acceptors (Lipinski definition) is 1. The third kappa shape index (κ3) is 1.50. The maximum absolute atomic E-state index is 5.74. The molecule has 1 aromatic carbocycles. The van der Waals surface area contributed by atoms with Gasteiger partial charge in [-0.2, -0.15) is 0 Å². The van der Waals surface area contributed by atoms with Crippen LogP contribution in [0.2, 0.25) is 0 Å². The van der Waals surface area contributed by atoms with Gasteiger partial charge in [-0.25, -0.2) is 0 Å². The highest BCUT2D eigenvalue weighted by molar-refractivity contribution is 5.17. The van der Waals surface area contributed by atoms with Gasteiger partial charge in [0.25, 0.3) is 0 Å². The fraction of sp³-hybridized carbons (Fsp3) is 0.571. The summed E-state index contributed by atoms with van der Waals surface area (Å²) in [5.74, 6) is 0.756. The zero-order valence-corrected chi connectivity index (χ0v) is 9.28. The van der Waals surface area contributed by atoms with Crippen molar-refractivity contribution in [2.75, 3.05) is 6.61 Å². The van der Waals surface area contributed by atoms with Crippen LogP contribution in [0.5, 0.6) is 0 Å². The van der Waals surface area contributed by atoms with Crippen molar-refractivity contribution in [1.29, 1.82) is 0 Å². The Morgan fingerprint density at radius 3 is 2.73 bits per heavy atom. The first kappa shape index (κ1) is 9.41. The van der Waals surface area contributed by atoms with E-state index in [1.165, 1.54) is 24.8 Å². The number of fused-ring (bicyclic) bond motifs is 1. The smallest absolute Gasteiger partial charge is 0.0682 e. The molecule has 0 N–H and O–H groups in total. The molecule has 3 atom stereocenters. The highest BCUT2D eigenvalue weighted by Gasteiger charge is 2.52. The van der Waals surface area contributed by atoms with E-state index < -0.39 is 0 Å². The van der Waals surface area contributed by atoms with Crippen LogP contribution in [-0.4, -0.2) is 12.7 Å². The Bertz CT molecular complexity index is 346. The molecular formula is C14H18O. The molecule has 15 heavy (non-hydrogen) atoms. The van der Waals surface area contributed by atoms with E-state index in [4.69, 9.17) is 4.74 Å². The average Bonchev–Trinajstić information content (AvgIpc) is 2.44. The molecule has 1 nitrogen and oxygen atoms in total. The van der Waals surface area contributed by atoms with Crippen LogP contribution >= 0.6 is 0 Å². The Morgan fingerprint density at radius 1 is 1.33 bits per heavy atom. The summed E-state index contributed by atoms with van der Waals surface area (Å²) in [6.45, 7) is 3.37. The van der Waals surface area contributed by atoms with E-state index in [0.717, 1.165) is 12.5 Å². The zero-order valence-electron chi connectivity index (χ0n) is 9.28. The van der Waals surface area contributed by atoms with Gasteiger partial charge < -0.3 is 4.74 Å². The largest absolute Gasteiger partial charge is 0.377 e. The summed E-state index contributed by atoms with van der Waals surface area (Å²) in [6.07, 6.45) is 4.43. The minimum atomic E-state index is 0.513. The van der Waals surface area contributed by atoms with E-state index in [1.54, 1.807) is 0 Å². The van der Waals surface area contributed by atoms with Crippen molar-refractivity contribution in [3.8, 4) is 0 Å². The third-order valence-corrected chi connectivity index (χ3v) is 4.13. The van der Waals surface area contributed by atoms with E-state index in [1.807, 2.05) is 0 Å². The van der Waals surface area contributed by atoms with Crippen molar-refractivity contribution < 1.29 is 4.74 Å². The maximum atomic E-state index is 5.74. The van der Waals surface area contributed by atoms with Crippen molar-refractivity contribution >= 4 is 0 Å². The minimum Gasteiger partial charge on any atom is -0.377 e. The van der Waals surface area contributed by atoms with Crippen molar-refractivity contribution in [3.63, 3.8) is 0 Å². The van der Waals surface area contributed by atoms with E-state index in [2.05, 4.69) is 37.3 Å². The molecule has 0 amide bonds. The van der Waals surface area contributed by atoms with Crippen LogP contribution in [0.15, 0.2) is 30.3 Å². The molecular weight excluding hydrogens is 184 g/mol. The van der Waals surface area contributed by atoms with E-state index >= 15 is 0 Å². The molecule has 1 heterocycles. The number of ether oxygens (including phenoxy) is 1. The van der Waals surface area contributed by atoms with Crippen molar-refractivity contribution in [2.45, 2.75) is 32.3 Å². The second kappa shape index (κ2) is 3.34. The summed E-state index contributed by atoms with van der Waals surface area (Å²) in [6, 6.07) is 10.8. The van der Waals surface area contributed by atoms with Crippen LogP contribution in [0.4, 0.5) is 0 Å². The fourth-order valence-corrected chi connectivity index (χ4v) is 3.18. The highest BCUT2D eigenvalue weighted by Crippen LogP contribution is 2.51. The Labute approximate surface area is 91.5 Å². The molecule has 1 aliphatic carbocycles. The molecule has 0 bridgehead atoms. The number of benzene rings is 1. The molecule has 1 heteroatoms. The standard InChI is InChI=1S/C14H18O/c1-14-8-7-12(13(14)15-10-14)9-11-5-3-2-4-6-11/h2-6,12-13H,7-10H2,1H3. The first-order chi connectivity index (χ1) is 7.28. The molecule has 1 saturated carbocycles. The van der Waals surface area contributed by atoms with E-state index in [0.29, 0.717) is 11.5 Å². The van der Waals surface area contributed by atoms with Crippen LogP contribution in [-0.2, 0) is 11.2 Å². The lowest BCUT2D eigenvalue weighted by atomic mass is 9.80. The van der Waals surface area contributed by atoms with Crippen LogP contribution in [0.1, 0.15) is 25.3 Å². The van der Waals surface area contributed by atoms with Crippen molar-refractivity contribution in [2.24, 2.45) is 11.3 Å². The molecule has 0 aromatic heterocycles. The number of rotatable bonds is 2. The van der Waals surface area contributed by atoms with Gasteiger partial charge in [0.2, 0.25) is 0 Å². The predicted molar refractivity (Wildman–Crippen MR) is 60.7 cm³/mol. The van der Waals surface area contributed by atoms with Crippen molar-refractivity contribution in [1.82, 2.24) is 0 Å². The summed E-state index contributed by atoms with van der Waals surface area (Å²) in [5, 5.41) is 0. The predicted octanol–water partition coefficient (Wildman–Crippen LogP) is 3.04. The van der Waals surface area contributed by atoms with Gasteiger partial charge in [-0.3, -0.25) is 0 Å². The van der Waals surface area contributed by atoms with Crippen LogP contribution < -0.4 is 0 Å². The Morgan fingerprint density at radius 2 is 2.13 bits per heavy atom. The van der Waals surface area contributed by atoms with Gasteiger partial charge in [-0.05, 0) is 30.7 Å². The average molecular weight is 202 g/mol. The van der Waals surface area contributed by atoms with E-state index in [-0.39, 0.29) is 0 Å². The third-order valence-electron chi connectivity index (χ3n) is 4.13. The number of hydrogen-bond donors (Lipinski definition) is 0. The molecule has 0 spiro atoms. The normalized spacial score (nSPS) is 38.5. The van der Waals surface area contributed by atoms with Gasteiger partial charge >= 0.3 is 0 Å². The van der Waals surface area contributed by atoms with Gasteiger partial charge in [-0.1, -0.05) is 37.3 Å².